The Morgan fingerprint density at radius 1 is 0.429 bits per heavy atom. The lowest BCUT2D eigenvalue weighted by molar-refractivity contribution is -0.411. The van der Waals surface area contributed by atoms with Crippen LogP contribution < -0.4 is 0 Å². The van der Waals surface area contributed by atoms with Gasteiger partial charge in [-0.15, -0.1) is 0 Å². The Morgan fingerprint density at radius 3 is 1.55 bits per heavy atom. The van der Waals surface area contributed by atoms with Crippen LogP contribution in [-0.2, 0) is 56.8 Å². The SMILES string of the molecule is C[C@@H]1CC[C@@]2(OC1)O[C@@H]1C[C@H]3[C@@H]4CC[C@H]5C[C@H](O[C@H]6O[C@@H](CO)[C@H](O[C@H]7O[C@@H](CO)[C@H](O)[C@@H](O[C@H]8O[C@@H](CO)[C@H](O)[C@@H](O)[C@@H]8O)[C@@H]7O[C@H]7O[C@@H](CO)[C@H](O[C@H]8O[C@@H](C)[C@H](O)[C@@H](O)[C@@H]8O)[C@@H](O)[C@@H]7O)[C@@H](O)[C@@H]6O)CC[C@@]5(C)[C@H]4CC[C@@]3(C)[C@@H]1[C@H]2C. The number of ether oxygens (including phenoxy) is 12. The molecule has 0 aromatic carbocycles. The van der Waals surface area contributed by atoms with Gasteiger partial charge in [0.15, 0.2) is 37.2 Å². The topological polar surface area (TPSA) is 414 Å². The van der Waals surface area contributed by atoms with Crippen molar-refractivity contribution in [2.75, 3.05) is 33.0 Å². The predicted octanol–water partition coefficient (Wildman–Crippen LogP) is -4.06. The lowest BCUT2D eigenvalue weighted by atomic mass is 9.44. The first-order valence-corrected chi connectivity index (χ1v) is 30.7. The summed E-state index contributed by atoms with van der Waals surface area (Å²) in [5.41, 5.74) is 0.218. The van der Waals surface area contributed by atoms with E-state index in [1.807, 2.05) is 0 Å². The minimum absolute atomic E-state index is 0.0482. The summed E-state index contributed by atoms with van der Waals surface area (Å²) in [6, 6.07) is 0. The van der Waals surface area contributed by atoms with Gasteiger partial charge in [-0.05, 0) is 111 Å². The molecule has 1 spiro atoms. The smallest absolute Gasteiger partial charge is 0.187 e. The van der Waals surface area contributed by atoms with Gasteiger partial charge in [-0.1, -0.05) is 27.7 Å². The van der Waals surface area contributed by atoms with Crippen molar-refractivity contribution >= 4 is 0 Å². The third kappa shape index (κ3) is 11.2. The first-order valence-electron chi connectivity index (χ1n) is 30.7. The molecule has 84 heavy (non-hydrogen) atoms. The average Bonchev–Trinajstić information content (AvgIpc) is 1.51. The van der Waals surface area contributed by atoms with Gasteiger partial charge in [-0.25, -0.2) is 0 Å². The molecule has 27 heteroatoms. The predicted molar refractivity (Wildman–Crippen MR) is 279 cm³/mol. The fraction of sp³-hybridized carbons (Fsp3) is 1.00. The van der Waals surface area contributed by atoms with Crippen LogP contribution in [0.3, 0.4) is 0 Å². The quantitative estimate of drug-likeness (QED) is 0.0736. The molecule has 7 saturated heterocycles. The molecule has 11 rings (SSSR count). The fourth-order valence-corrected chi connectivity index (χ4v) is 17.6. The molecule has 4 aliphatic carbocycles. The van der Waals surface area contributed by atoms with Crippen LogP contribution in [0.25, 0.3) is 0 Å². The average molecular weight is 1210 g/mol. The van der Waals surface area contributed by atoms with Gasteiger partial charge in [0.1, 0.15) is 116 Å². The van der Waals surface area contributed by atoms with Gasteiger partial charge in [0.2, 0.25) is 0 Å². The number of aliphatic hydroxyl groups excluding tert-OH is 15. The molecule has 7 aliphatic heterocycles. The van der Waals surface area contributed by atoms with Crippen LogP contribution in [0.4, 0.5) is 0 Å². The molecule has 27 nitrogen and oxygen atoms in total. The van der Waals surface area contributed by atoms with E-state index in [-0.39, 0.29) is 23.0 Å². The highest BCUT2D eigenvalue weighted by atomic mass is 16.8. The second-order valence-electron chi connectivity index (χ2n) is 27.1. The second-order valence-corrected chi connectivity index (χ2v) is 27.1. The maximum absolute atomic E-state index is 12.0. The lowest BCUT2D eigenvalue weighted by Gasteiger charge is -2.61. The zero-order valence-corrected chi connectivity index (χ0v) is 48.3. The molecule has 7 heterocycles. The number of rotatable bonds is 14. The van der Waals surface area contributed by atoms with E-state index in [0.29, 0.717) is 54.3 Å². The van der Waals surface area contributed by atoms with E-state index in [1.165, 1.54) is 6.92 Å². The van der Waals surface area contributed by atoms with Gasteiger partial charge in [-0.2, -0.15) is 0 Å². The number of aliphatic hydroxyl groups is 15. The molecule has 15 N–H and O–H groups in total. The molecule has 11 fully saturated rings. The summed E-state index contributed by atoms with van der Waals surface area (Å²) in [5, 5.41) is 164. The molecule has 484 valence electrons. The van der Waals surface area contributed by atoms with Crippen molar-refractivity contribution in [3.05, 3.63) is 0 Å². The summed E-state index contributed by atoms with van der Waals surface area (Å²) >= 11 is 0. The normalized spacial score (nSPS) is 57.7. The maximum Gasteiger partial charge on any atom is 0.187 e. The minimum atomic E-state index is -2.17. The third-order valence-electron chi connectivity index (χ3n) is 22.5. The van der Waals surface area contributed by atoms with Crippen LogP contribution >= 0.6 is 0 Å². The Morgan fingerprint density at radius 2 is 0.940 bits per heavy atom. The van der Waals surface area contributed by atoms with Gasteiger partial charge < -0.3 is 133 Å². The van der Waals surface area contributed by atoms with Crippen LogP contribution in [0.5, 0.6) is 0 Å². The Bertz CT molecular complexity index is 2180. The van der Waals surface area contributed by atoms with Gasteiger partial charge in [0.05, 0.1) is 51.3 Å². The van der Waals surface area contributed by atoms with Crippen molar-refractivity contribution in [1.29, 1.82) is 0 Å². The van der Waals surface area contributed by atoms with Crippen LogP contribution in [0.15, 0.2) is 0 Å². The Hall–Kier alpha value is -1.08. The Labute approximate surface area is 487 Å². The van der Waals surface area contributed by atoms with Gasteiger partial charge in [0, 0.05) is 12.3 Å². The number of hydrogen-bond donors (Lipinski definition) is 15. The highest BCUT2D eigenvalue weighted by molar-refractivity contribution is 5.16. The van der Waals surface area contributed by atoms with Crippen molar-refractivity contribution < 1.29 is 133 Å². The molecule has 0 unspecified atom stereocenters. The zero-order chi connectivity index (χ0) is 60.2. The van der Waals surface area contributed by atoms with Crippen molar-refractivity contribution in [3.8, 4) is 0 Å². The summed E-state index contributed by atoms with van der Waals surface area (Å²) in [5.74, 6) is 2.82. The molecule has 0 aromatic rings. The van der Waals surface area contributed by atoms with E-state index >= 15 is 0 Å². The van der Waals surface area contributed by atoms with E-state index in [1.54, 1.807) is 0 Å². The Kier molecular flexibility index (Phi) is 19.3. The largest absolute Gasteiger partial charge is 0.394 e. The van der Waals surface area contributed by atoms with E-state index in [9.17, 15) is 76.6 Å². The second kappa shape index (κ2) is 25.2. The minimum Gasteiger partial charge on any atom is -0.394 e. The highest BCUT2D eigenvalue weighted by Crippen LogP contribution is 2.71. The fourth-order valence-electron chi connectivity index (χ4n) is 17.6. The van der Waals surface area contributed by atoms with E-state index in [2.05, 4.69) is 27.7 Å². The third-order valence-corrected chi connectivity index (χ3v) is 22.5. The monoisotopic (exact) mass is 1210 g/mol. The molecular formula is C57H94O27. The van der Waals surface area contributed by atoms with Crippen molar-refractivity contribution in [1.82, 2.24) is 0 Å². The number of fused-ring (bicyclic) bond motifs is 7. The summed E-state index contributed by atoms with van der Waals surface area (Å²) in [6.45, 7) is 8.05. The van der Waals surface area contributed by atoms with Crippen LogP contribution in [0, 0.1) is 52.3 Å². The van der Waals surface area contributed by atoms with Gasteiger partial charge >= 0.3 is 0 Å². The summed E-state index contributed by atoms with van der Waals surface area (Å²) < 4.78 is 73.7. The van der Waals surface area contributed by atoms with Crippen molar-refractivity contribution in [2.24, 2.45) is 52.3 Å². The van der Waals surface area contributed by atoms with Crippen LogP contribution in [0.1, 0.15) is 98.8 Å². The highest BCUT2D eigenvalue weighted by Gasteiger charge is 2.70. The van der Waals surface area contributed by atoms with Crippen molar-refractivity contribution in [2.45, 2.75) is 270 Å². The van der Waals surface area contributed by atoms with Crippen molar-refractivity contribution in [3.63, 3.8) is 0 Å². The first kappa shape index (κ1) is 64.4. The molecule has 0 radical (unpaired) electrons. The van der Waals surface area contributed by atoms with E-state index in [4.69, 9.17) is 56.8 Å². The molecule has 37 atom stereocenters. The Balaban J connectivity index is 0.781. The zero-order valence-electron chi connectivity index (χ0n) is 48.3. The molecule has 11 aliphatic rings. The van der Waals surface area contributed by atoms with Crippen LogP contribution in [-0.4, -0.2) is 281 Å². The first-order chi connectivity index (χ1) is 39.9. The standard InChI is InChI=1S/C57H94O27/c1-21-8-13-57(73-20-21)22(2)34-29(84-57)15-28-26-7-6-24-14-25(9-11-55(24,4)27(26)10-12-56(28,34)5)75-51-44(71)40(67)47(33(19-61)78-51)81-54-49(48(37(64)31(17-59)77-54)82-52-43(70)39(66)36(63)30(16-58)76-52)83-53-45(72)41(68)46(32(18-60)79-53)80-50-42(69)38(65)35(62)23(3)74-50/h21-54,58-72H,6-20H2,1-5H3/t21-,22-,23+,24+,25-,26-,27+,28+,29-,30+,31+,32+,33+,34-,35+,36+,37+,38-,39-,40+,41+,42+,43+,44+,45+,46+,47+,48-,49+,50-,51+,52-,53-,54-,55-,56-,57-/m1/s1. The summed E-state index contributed by atoms with van der Waals surface area (Å²) in [6.07, 6.45) is -35.6. The maximum atomic E-state index is 12.0. The molecule has 0 bridgehead atoms. The van der Waals surface area contributed by atoms with Gasteiger partial charge in [-0.3, -0.25) is 0 Å². The van der Waals surface area contributed by atoms with Gasteiger partial charge in [0.25, 0.3) is 0 Å². The summed E-state index contributed by atoms with van der Waals surface area (Å²) in [4.78, 5) is 0. The number of hydrogen-bond acceptors (Lipinski definition) is 27. The molecule has 0 amide bonds. The van der Waals surface area contributed by atoms with E-state index < -0.39 is 186 Å². The molecule has 4 saturated carbocycles. The molecule has 0 aromatic heterocycles. The molecular weight excluding hydrogens is 1120 g/mol. The summed E-state index contributed by atoms with van der Waals surface area (Å²) in [7, 11) is 0. The lowest BCUT2D eigenvalue weighted by Crippen LogP contribution is -2.69. The van der Waals surface area contributed by atoms with E-state index in [0.717, 1.165) is 58.0 Å². The van der Waals surface area contributed by atoms with Crippen LogP contribution in [0.2, 0.25) is 0 Å².